The molecule has 2 heterocycles. The predicted octanol–water partition coefficient (Wildman–Crippen LogP) is 5.66. The van der Waals surface area contributed by atoms with Crippen LogP contribution in [0.4, 0.5) is 0 Å². The molecule has 4 atom stereocenters. The van der Waals surface area contributed by atoms with Gasteiger partial charge in [0.15, 0.2) is 12.5 Å². The Labute approximate surface area is 308 Å². The summed E-state index contributed by atoms with van der Waals surface area (Å²) in [4.78, 5) is 13.6. The fraction of sp³-hybridized carbons (Fsp3) is 0.250. The molecule has 0 bridgehead atoms. The van der Waals surface area contributed by atoms with Gasteiger partial charge in [-0.25, -0.2) is 8.42 Å². The van der Waals surface area contributed by atoms with E-state index in [9.17, 15) is 23.5 Å². The van der Waals surface area contributed by atoms with Crippen LogP contribution in [0.25, 0.3) is 0 Å². The molecule has 5 aromatic rings. The minimum atomic E-state index is -3.97. The molecular weight excluding hydrogens is 699 g/mol. The summed E-state index contributed by atoms with van der Waals surface area (Å²) >= 11 is 1.42. The molecule has 0 radical (unpaired) electrons. The molecule has 0 spiro atoms. The van der Waals surface area contributed by atoms with Crippen molar-refractivity contribution in [3.8, 4) is 0 Å². The average molecular weight is 740 g/mol. The SMILES string of the molecule is Cc1ccc(S(=O)(=O)N[C@H](Cc2ccccc2)C(=O)NCc2ccc([C@H]3O[C@@H](CSc4cccc[n+]4[O-])C[C@@H](c4ccc(CO)cc4)O3)cc2)cc1. The molecule has 52 heavy (non-hydrogen) atoms. The summed E-state index contributed by atoms with van der Waals surface area (Å²) in [6.07, 6.45) is 1.03. The topological polar surface area (TPSA) is 141 Å². The largest absolute Gasteiger partial charge is 0.618 e. The van der Waals surface area contributed by atoms with Gasteiger partial charge in [0.1, 0.15) is 6.04 Å². The lowest BCUT2D eigenvalue weighted by atomic mass is 10.0. The number of aliphatic hydroxyl groups excluding tert-OH is 1. The number of amides is 1. The first-order chi connectivity index (χ1) is 25.2. The normalized spacial score (nSPS) is 18.1. The molecule has 1 saturated heterocycles. The highest BCUT2D eigenvalue weighted by Gasteiger charge is 2.33. The van der Waals surface area contributed by atoms with Crippen LogP contribution in [-0.2, 0) is 43.9 Å². The molecule has 270 valence electrons. The predicted molar refractivity (Wildman–Crippen MR) is 198 cm³/mol. The van der Waals surface area contributed by atoms with E-state index in [0.717, 1.165) is 38.1 Å². The van der Waals surface area contributed by atoms with Gasteiger partial charge in [-0.1, -0.05) is 108 Å². The van der Waals surface area contributed by atoms with Gasteiger partial charge < -0.3 is 25.1 Å². The lowest BCUT2D eigenvalue weighted by Gasteiger charge is -2.36. The fourth-order valence-corrected chi connectivity index (χ4v) is 7.97. The van der Waals surface area contributed by atoms with Crippen LogP contribution in [-0.4, -0.2) is 37.3 Å². The highest BCUT2D eigenvalue weighted by molar-refractivity contribution is 7.99. The highest BCUT2D eigenvalue weighted by atomic mass is 32.2. The number of carbonyl (C=O) groups excluding carboxylic acids is 1. The highest BCUT2D eigenvalue weighted by Crippen LogP contribution is 2.39. The molecule has 6 rings (SSSR count). The number of nitrogens with zero attached hydrogens (tertiary/aromatic N) is 1. The van der Waals surface area contributed by atoms with Gasteiger partial charge >= 0.3 is 0 Å². The number of carbonyl (C=O) groups is 1. The Bertz CT molecular complexity index is 2030. The lowest BCUT2D eigenvalue weighted by molar-refractivity contribution is -0.645. The van der Waals surface area contributed by atoms with Gasteiger partial charge in [-0.3, -0.25) is 4.79 Å². The molecule has 1 aliphatic rings. The number of nitrogens with one attached hydrogen (secondary N) is 2. The minimum absolute atomic E-state index is 0.0490. The maximum Gasteiger partial charge on any atom is 0.251 e. The molecular formula is C40H41N3O7S2. The van der Waals surface area contributed by atoms with Crippen LogP contribution in [0.5, 0.6) is 0 Å². The van der Waals surface area contributed by atoms with E-state index in [1.807, 2.05) is 91.9 Å². The Morgan fingerprint density at radius 3 is 2.23 bits per heavy atom. The summed E-state index contributed by atoms with van der Waals surface area (Å²) in [5, 5.41) is 25.3. The van der Waals surface area contributed by atoms with E-state index in [0.29, 0.717) is 17.2 Å². The Hall–Kier alpha value is -4.56. The number of ether oxygens (including phenoxy) is 2. The Morgan fingerprint density at radius 2 is 1.54 bits per heavy atom. The van der Waals surface area contributed by atoms with Gasteiger partial charge in [-0.2, -0.15) is 9.45 Å². The van der Waals surface area contributed by atoms with Gasteiger partial charge in [-0.05, 0) is 53.8 Å². The zero-order valence-electron chi connectivity index (χ0n) is 28.6. The van der Waals surface area contributed by atoms with Gasteiger partial charge in [0.2, 0.25) is 15.9 Å². The van der Waals surface area contributed by atoms with Crippen LogP contribution >= 0.6 is 11.8 Å². The van der Waals surface area contributed by atoms with Crippen LogP contribution in [0, 0.1) is 12.1 Å². The standard InChI is InChI=1S/C40H41N3O7S2/c1-28-10-20-35(21-11-28)52(47,48)42-36(23-29-7-3-2-4-8-29)39(45)41-25-30-12-18-33(19-13-30)40-49-34(27-51-38-9-5-6-22-43(38)46)24-37(50-40)32-16-14-31(26-44)15-17-32/h2-22,34,36-37,40,42,44H,23-27H2,1H3,(H,41,45)/t34-,36-,37+,40+/m1/s1. The first-order valence-corrected chi connectivity index (χ1v) is 19.4. The van der Waals surface area contributed by atoms with E-state index < -0.39 is 28.3 Å². The van der Waals surface area contributed by atoms with E-state index in [-0.39, 0.29) is 36.7 Å². The molecule has 1 aromatic heterocycles. The smallest absolute Gasteiger partial charge is 0.251 e. The van der Waals surface area contributed by atoms with Gasteiger partial charge in [0.25, 0.3) is 5.03 Å². The van der Waals surface area contributed by atoms with Crippen molar-refractivity contribution in [3.63, 3.8) is 0 Å². The molecule has 12 heteroatoms. The number of aliphatic hydroxyl groups is 1. The maximum absolute atomic E-state index is 13.5. The van der Waals surface area contributed by atoms with Crippen molar-refractivity contribution in [2.75, 3.05) is 5.75 Å². The van der Waals surface area contributed by atoms with Crippen molar-refractivity contribution in [2.45, 2.75) is 67.4 Å². The van der Waals surface area contributed by atoms with Crippen molar-refractivity contribution >= 4 is 27.7 Å². The van der Waals surface area contributed by atoms with Crippen LogP contribution in [0.2, 0.25) is 0 Å². The maximum atomic E-state index is 13.5. The number of pyridine rings is 1. The minimum Gasteiger partial charge on any atom is -0.618 e. The average Bonchev–Trinajstić information content (AvgIpc) is 3.17. The third-order valence-corrected chi connectivity index (χ3v) is 11.4. The number of thioether (sulfide) groups is 1. The molecule has 1 aliphatic heterocycles. The number of benzene rings is 4. The van der Waals surface area contributed by atoms with E-state index >= 15 is 0 Å². The number of hydrogen-bond donors (Lipinski definition) is 3. The summed E-state index contributed by atoms with van der Waals surface area (Å²) in [6.45, 7) is 2.00. The summed E-state index contributed by atoms with van der Waals surface area (Å²) in [5.41, 5.74) is 5.11. The number of hydrogen-bond acceptors (Lipinski definition) is 8. The van der Waals surface area contributed by atoms with Crippen molar-refractivity contribution in [3.05, 3.63) is 166 Å². The molecule has 0 saturated carbocycles. The Morgan fingerprint density at radius 1 is 0.865 bits per heavy atom. The number of rotatable bonds is 14. The molecule has 3 N–H and O–H groups in total. The van der Waals surface area contributed by atoms with Gasteiger partial charge in [0, 0.05) is 36.4 Å². The first kappa shape index (κ1) is 37.2. The van der Waals surface area contributed by atoms with Crippen molar-refractivity contribution in [1.82, 2.24) is 10.0 Å². The van der Waals surface area contributed by atoms with Crippen molar-refractivity contribution in [2.24, 2.45) is 0 Å². The summed E-state index contributed by atoms with van der Waals surface area (Å²) in [5.74, 6) is 0.0926. The molecule has 0 aliphatic carbocycles. The first-order valence-electron chi connectivity index (χ1n) is 17.0. The molecule has 4 aromatic carbocycles. The third-order valence-electron chi connectivity index (χ3n) is 8.77. The number of aryl methyl sites for hydroxylation is 1. The number of sulfonamides is 1. The van der Waals surface area contributed by atoms with Gasteiger partial charge in [-0.15, -0.1) is 0 Å². The lowest BCUT2D eigenvalue weighted by Crippen LogP contribution is -2.47. The second-order valence-electron chi connectivity index (χ2n) is 12.7. The fourth-order valence-electron chi connectivity index (χ4n) is 5.84. The number of aromatic nitrogens is 1. The molecule has 10 nitrogen and oxygen atoms in total. The van der Waals surface area contributed by atoms with Crippen molar-refractivity contribution < 1.29 is 32.5 Å². The summed E-state index contributed by atoms with van der Waals surface area (Å²) in [7, 11) is -3.97. The van der Waals surface area contributed by atoms with E-state index in [1.165, 1.54) is 30.1 Å². The van der Waals surface area contributed by atoms with Crippen LogP contribution in [0.15, 0.2) is 137 Å². The second kappa shape index (κ2) is 17.3. The third kappa shape index (κ3) is 9.85. The molecule has 0 unspecified atom stereocenters. The zero-order valence-corrected chi connectivity index (χ0v) is 30.3. The van der Waals surface area contributed by atoms with E-state index in [1.54, 1.807) is 24.3 Å². The summed E-state index contributed by atoms with van der Waals surface area (Å²) in [6, 6.07) is 35.2. The van der Waals surface area contributed by atoms with Gasteiger partial charge in [0.05, 0.1) is 23.7 Å². The Balaban J connectivity index is 1.14. The quantitative estimate of drug-likeness (QED) is 0.0753. The van der Waals surface area contributed by atoms with Crippen LogP contribution < -0.4 is 14.8 Å². The summed E-state index contributed by atoms with van der Waals surface area (Å²) < 4.78 is 42.9. The second-order valence-corrected chi connectivity index (χ2v) is 15.4. The monoisotopic (exact) mass is 739 g/mol. The molecule has 1 fully saturated rings. The van der Waals surface area contributed by atoms with Crippen molar-refractivity contribution in [1.29, 1.82) is 0 Å². The Kier molecular flexibility index (Phi) is 12.4. The molecule has 1 amide bonds. The van der Waals surface area contributed by atoms with Crippen LogP contribution in [0.3, 0.4) is 0 Å². The van der Waals surface area contributed by atoms with E-state index in [2.05, 4.69) is 10.0 Å². The van der Waals surface area contributed by atoms with Crippen LogP contribution in [0.1, 0.15) is 52.2 Å². The zero-order chi connectivity index (χ0) is 36.5. The van der Waals surface area contributed by atoms with E-state index in [4.69, 9.17) is 9.47 Å².